The molecule has 3 N–H and O–H groups in total. The van der Waals surface area contributed by atoms with Crippen LogP contribution in [0.1, 0.15) is 17.2 Å². The molecular formula is C20H22N4O. The van der Waals surface area contributed by atoms with Crippen molar-refractivity contribution in [1.82, 2.24) is 10.3 Å². The predicted molar refractivity (Wildman–Crippen MR) is 99.3 cm³/mol. The molecular weight excluding hydrogens is 312 g/mol. The molecule has 1 amide bonds. The number of pyridine rings is 1. The Morgan fingerprint density at radius 1 is 1.24 bits per heavy atom. The number of nitrogens with two attached hydrogens (primary N) is 1. The summed E-state index contributed by atoms with van der Waals surface area (Å²) < 4.78 is 0. The molecule has 2 atom stereocenters. The number of aromatic nitrogens is 1. The molecule has 3 rings (SSSR count). The first-order chi connectivity index (χ1) is 12.2. The molecule has 128 valence electrons. The quantitative estimate of drug-likeness (QED) is 0.813. The van der Waals surface area contributed by atoms with Gasteiger partial charge in [0.15, 0.2) is 0 Å². The van der Waals surface area contributed by atoms with Gasteiger partial charge in [-0.15, -0.1) is 0 Å². The molecule has 0 spiro atoms. The van der Waals surface area contributed by atoms with E-state index in [1.807, 2.05) is 54.9 Å². The lowest BCUT2D eigenvalue weighted by atomic mass is 9.80. The maximum absolute atomic E-state index is 11.9. The number of nitrogens with zero attached hydrogens (tertiary/aromatic N) is 2. The minimum Gasteiger partial charge on any atom is -0.368 e. The summed E-state index contributed by atoms with van der Waals surface area (Å²) >= 11 is 0. The lowest BCUT2D eigenvalue weighted by Gasteiger charge is -2.32. The Morgan fingerprint density at radius 3 is 2.72 bits per heavy atom. The van der Waals surface area contributed by atoms with Crippen molar-refractivity contribution in [3.63, 3.8) is 0 Å². The van der Waals surface area contributed by atoms with Gasteiger partial charge >= 0.3 is 0 Å². The summed E-state index contributed by atoms with van der Waals surface area (Å²) in [6.45, 7) is 1.25. The lowest BCUT2D eigenvalue weighted by molar-refractivity contribution is -0.120. The third kappa shape index (κ3) is 4.39. The highest BCUT2D eigenvalue weighted by Crippen LogP contribution is 2.28. The van der Waals surface area contributed by atoms with Crippen LogP contribution >= 0.6 is 0 Å². The Labute approximate surface area is 147 Å². The fourth-order valence-corrected chi connectivity index (χ4v) is 3.13. The van der Waals surface area contributed by atoms with Gasteiger partial charge in [0.05, 0.1) is 0 Å². The van der Waals surface area contributed by atoms with Gasteiger partial charge in [0.1, 0.15) is 6.04 Å². The van der Waals surface area contributed by atoms with Crippen LogP contribution in [0.3, 0.4) is 0 Å². The Balaban J connectivity index is 1.77. The van der Waals surface area contributed by atoms with Gasteiger partial charge in [-0.1, -0.05) is 42.5 Å². The van der Waals surface area contributed by atoms with Gasteiger partial charge < -0.3 is 11.1 Å². The van der Waals surface area contributed by atoms with Crippen LogP contribution in [0.15, 0.2) is 72.0 Å². The van der Waals surface area contributed by atoms with Gasteiger partial charge in [0.25, 0.3) is 0 Å². The second kappa shape index (κ2) is 7.85. The van der Waals surface area contributed by atoms with E-state index in [2.05, 4.69) is 27.4 Å². The minimum atomic E-state index is -0.522. The molecule has 0 fully saturated rings. The monoisotopic (exact) mass is 334 g/mol. The maximum Gasteiger partial charge on any atom is 0.239 e. The number of allylic oxidation sites excluding steroid dienone is 1. The standard InChI is InChI=1S/C20H22N4O/c21-19(25)18(17-7-2-1-3-8-17)24-15-20(9-5-11-23-14-20)12-16-6-4-10-22-13-16/h1-11,13,18,24H,12,14-15H2,(H2,21,25). The fourth-order valence-electron chi connectivity index (χ4n) is 3.13. The van der Waals surface area contributed by atoms with Crippen molar-refractivity contribution in [2.45, 2.75) is 12.5 Å². The van der Waals surface area contributed by atoms with Crippen molar-refractivity contribution < 1.29 is 4.79 Å². The minimum absolute atomic E-state index is 0.208. The van der Waals surface area contributed by atoms with Crippen molar-refractivity contribution in [2.75, 3.05) is 13.1 Å². The molecule has 25 heavy (non-hydrogen) atoms. The summed E-state index contributed by atoms with van der Waals surface area (Å²) in [6.07, 6.45) is 10.4. The van der Waals surface area contributed by atoms with Crippen LogP contribution in [0.4, 0.5) is 0 Å². The molecule has 5 heteroatoms. The molecule has 0 radical (unpaired) electrons. The predicted octanol–water partition coefficient (Wildman–Crippen LogP) is 2.07. The first-order valence-electron chi connectivity index (χ1n) is 8.33. The van der Waals surface area contributed by atoms with Crippen LogP contribution < -0.4 is 11.1 Å². The van der Waals surface area contributed by atoms with E-state index in [1.54, 1.807) is 6.20 Å². The number of dihydropyridines is 1. The van der Waals surface area contributed by atoms with Crippen molar-refractivity contribution in [3.8, 4) is 0 Å². The zero-order valence-electron chi connectivity index (χ0n) is 14.0. The number of hydrogen-bond donors (Lipinski definition) is 2. The highest BCUT2D eigenvalue weighted by Gasteiger charge is 2.30. The average Bonchev–Trinajstić information content (AvgIpc) is 2.64. The molecule has 0 saturated carbocycles. The second-order valence-electron chi connectivity index (χ2n) is 6.38. The number of benzene rings is 1. The average molecular weight is 334 g/mol. The van der Waals surface area contributed by atoms with E-state index in [0.29, 0.717) is 13.1 Å². The van der Waals surface area contributed by atoms with Gasteiger partial charge in [-0.25, -0.2) is 0 Å². The fraction of sp³-hybridized carbons (Fsp3) is 0.250. The van der Waals surface area contributed by atoms with Crippen LogP contribution in [0.25, 0.3) is 0 Å². The first kappa shape index (κ1) is 17.0. The van der Waals surface area contributed by atoms with E-state index >= 15 is 0 Å². The van der Waals surface area contributed by atoms with Crippen LogP contribution in [-0.2, 0) is 11.2 Å². The summed E-state index contributed by atoms with van der Waals surface area (Å²) in [5, 5.41) is 3.35. The molecule has 5 nitrogen and oxygen atoms in total. The number of carbonyl (C=O) groups is 1. The van der Waals surface area contributed by atoms with Gasteiger partial charge in [0.2, 0.25) is 5.91 Å². The number of amides is 1. The zero-order valence-corrected chi connectivity index (χ0v) is 14.0. The van der Waals surface area contributed by atoms with E-state index in [4.69, 9.17) is 5.73 Å². The third-order valence-electron chi connectivity index (χ3n) is 4.40. The molecule has 2 heterocycles. The number of hydrogen-bond acceptors (Lipinski definition) is 4. The summed E-state index contributed by atoms with van der Waals surface area (Å²) in [6, 6.07) is 13.0. The van der Waals surface area contributed by atoms with Crippen LogP contribution in [0.5, 0.6) is 0 Å². The summed E-state index contributed by atoms with van der Waals surface area (Å²) in [5.74, 6) is -0.383. The largest absolute Gasteiger partial charge is 0.368 e. The van der Waals surface area contributed by atoms with Crippen LogP contribution in [0.2, 0.25) is 0 Å². The SMILES string of the molecule is NC(=O)C(NCC1(Cc2cccnc2)C=CC=NC1)c1ccccc1. The number of rotatable bonds is 7. The van der Waals surface area contributed by atoms with Gasteiger partial charge in [-0.05, 0) is 29.7 Å². The van der Waals surface area contributed by atoms with E-state index < -0.39 is 6.04 Å². The number of primary amides is 1. The Bertz CT molecular complexity index is 758. The molecule has 2 unspecified atom stereocenters. The number of carbonyl (C=O) groups excluding carboxylic acids is 1. The van der Waals surface area contributed by atoms with Crippen LogP contribution in [0, 0.1) is 5.41 Å². The number of nitrogens with one attached hydrogen (secondary N) is 1. The second-order valence-corrected chi connectivity index (χ2v) is 6.38. The van der Waals surface area contributed by atoms with Crippen LogP contribution in [-0.4, -0.2) is 30.2 Å². The molecule has 0 aliphatic carbocycles. The molecule has 1 aromatic heterocycles. The molecule has 0 saturated heterocycles. The smallest absolute Gasteiger partial charge is 0.239 e. The normalized spacial score (nSPS) is 20.3. The van der Waals surface area contributed by atoms with E-state index in [-0.39, 0.29) is 11.3 Å². The highest BCUT2D eigenvalue weighted by atomic mass is 16.1. The Kier molecular flexibility index (Phi) is 5.36. The van der Waals surface area contributed by atoms with Crippen molar-refractivity contribution >= 4 is 12.1 Å². The molecule has 1 aromatic carbocycles. The van der Waals surface area contributed by atoms with E-state index in [0.717, 1.165) is 17.5 Å². The lowest BCUT2D eigenvalue weighted by Crippen LogP contribution is -2.43. The summed E-state index contributed by atoms with van der Waals surface area (Å²) in [5.41, 5.74) is 7.42. The molecule has 0 bridgehead atoms. The zero-order chi connectivity index (χ0) is 17.5. The van der Waals surface area contributed by atoms with Gasteiger partial charge in [0, 0.05) is 37.1 Å². The summed E-state index contributed by atoms with van der Waals surface area (Å²) in [4.78, 5) is 20.6. The first-order valence-corrected chi connectivity index (χ1v) is 8.33. The van der Waals surface area contributed by atoms with E-state index in [1.165, 1.54) is 0 Å². The van der Waals surface area contributed by atoms with Gasteiger partial charge in [-0.3, -0.25) is 14.8 Å². The van der Waals surface area contributed by atoms with Crippen molar-refractivity contribution in [1.29, 1.82) is 0 Å². The summed E-state index contributed by atoms with van der Waals surface area (Å²) in [7, 11) is 0. The maximum atomic E-state index is 11.9. The van der Waals surface area contributed by atoms with Crippen molar-refractivity contribution in [2.24, 2.45) is 16.1 Å². The highest BCUT2D eigenvalue weighted by molar-refractivity contribution is 5.81. The van der Waals surface area contributed by atoms with Crippen molar-refractivity contribution in [3.05, 3.63) is 78.1 Å². The molecule has 2 aromatic rings. The molecule has 1 aliphatic rings. The topological polar surface area (TPSA) is 80.4 Å². The molecule has 1 aliphatic heterocycles. The van der Waals surface area contributed by atoms with E-state index in [9.17, 15) is 4.79 Å². The third-order valence-corrected chi connectivity index (χ3v) is 4.40. The number of aliphatic imine (C=N–C) groups is 1. The Hall–Kier alpha value is -2.79. The Morgan fingerprint density at radius 2 is 2.08 bits per heavy atom. The van der Waals surface area contributed by atoms with Gasteiger partial charge in [-0.2, -0.15) is 0 Å².